The van der Waals surface area contributed by atoms with Gasteiger partial charge in [-0.1, -0.05) is 29.8 Å². The molecule has 0 saturated heterocycles. The molecule has 0 amide bonds. The van der Waals surface area contributed by atoms with E-state index >= 15 is 0 Å². The number of aryl methyl sites for hydroxylation is 3. The number of aliphatic hydroxyl groups is 1. The highest BCUT2D eigenvalue weighted by Gasteiger charge is 2.15. The maximum Gasteiger partial charge on any atom is 0.125 e. The average molecular weight is 284 g/mol. The van der Waals surface area contributed by atoms with Crippen molar-refractivity contribution in [2.24, 2.45) is 0 Å². The van der Waals surface area contributed by atoms with Crippen molar-refractivity contribution in [3.05, 3.63) is 64.2 Å². The zero-order chi connectivity index (χ0) is 15.4. The summed E-state index contributed by atoms with van der Waals surface area (Å²) >= 11 is 0. The van der Waals surface area contributed by atoms with Crippen LogP contribution in [-0.4, -0.2) is 11.7 Å². The molecule has 21 heavy (non-hydrogen) atoms. The van der Waals surface area contributed by atoms with Gasteiger partial charge in [-0.25, -0.2) is 0 Å². The summed E-state index contributed by atoms with van der Waals surface area (Å²) in [7, 11) is 0. The Labute approximate surface area is 127 Å². The summed E-state index contributed by atoms with van der Waals surface area (Å²) in [5.74, 6) is 0.777. The molecular formula is C19H24O2. The molecule has 0 aliphatic rings. The average Bonchev–Trinajstić information content (AvgIpc) is 2.45. The molecule has 1 atom stereocenters. The van der Waals surface area contributed by atoms with E-state index in [1.54, 1.807) is 0 Å². The first-order chi connectivity index (χ1) is 10.0. The monoisotopic (exact) mass is 284 g/mol. The molecule has 2 rings (SSSR count). The van der Waals surface area contributed by atoms with Crippen LogP contribution in [0, 0.1) is 20.8 Å². The lowest BCUT2D eigenvalue weighted by molar-refractivity contribution is 0.172. The van der Waals surface area contributed by atoms with Crippen molar-refractivity contribution in [3.8, 4) is 5.75 Å². The number of benzene rings is 2. The predicted octanol–water partition coefficient (Wildman–Crippen LogP) is 4.29. The molecule has 0 bridgehead atoms. The minimum Gasteiger partial charge on any atom is -0.493 e. The fourth-order valence-corrected chi connectivity index (χ4v) is 2.48. The summed E-state index contributed by atoms with van der Waals surface area (Å²) in [5, 5.41) is 10.6. The van der Waals surface area contributed by atoms with Crippen molar-refractivity contribution < 1.29 is 9.84 Å². The van der Waals surface area contributed by atoms with Gasteiger partial charge >= 0.3 is 0 Å². The maximum atomic E-state index is 10.6. The number of aliphatic hydroxyl groups excluding tert-OH is 1. The van der Waals surface area contributed by atoms with Crippen molar-refractivity contribution in [2.45, 2.75) is 40.2 Å². The molecule has 112 valence electrons. The van der Waals surface area contributed by atoms with Gasteiger partial charge in [0.15, 0.2) is 0 Å². The third-order valence-electron chi connectivity index (χ3n) is 3.82. The first-order valence-electron chi connectivity index (χ1n) is 7.48. The molecule has 0 aliphatic carbocycles. The minimum absolute atomic E-state index is 0.548. The summed E-state index contributed by atoms with van der Waals surface area (Å²) in [4.78, 5) is 0. The van der Waals surface area contributed by atoms with E-state index < -0.39 is 6.10 Å². The number of ether oxygens (including phenoxy) is 1. The Hall–Kier alpha value is -1.80. The largest absolute Gasteiger partial charge is 0.493 e. The van der Waals surface area contributed by atoms with Crippen LogP contribution in [0.5, 0.6) is 5.75 Å². The summed E-state index contributed by atoms with van der Waals surface area (Å²) in [6.07, 6.45) is 0.0542. The molecule has 2 aromatic rings. The Morgan fingerprint density at radius 1 is 1.00 bits per heavy atom. The molecule has 0 heterocycles. The molecule has 0 spiro atoms. The molecule has 2 aromatic carbocycles. The van der Waals surface area contributed by atoms with Crippen LogP contribution in [0.15, 0.2) is 36.4 Å². The van der Waals surface area contributed by atoms with Crippen LogP contribution >= 0.6 is 0 Å². The number of hydrogen-bond acceptors (Lipinski definition) is 2. The first-order valence-corrected chi connectivity index (χ1v) is 7.48. The molecule has 2 nitrogen and oxygen atoms in total. The van der Waals surface area contributed by atoms with Crippen LogP contribution in [0.3, 0.4) is 0 Å². The van der Waals surface area contributed by atoms with Gasteiger partial charge in [0.05, 0.1) is 12.7 Å². The number of rotatable bonds is 5. The Bertz CT molecular complexity index is 617. The van der Waals surface area contributed by atoms with Crippen LogP contribution in [0.4, 0.5) is 0 Å². The molecule has 1 N–H and O–H groups in total. The summed E-state index contributed by atoms with van der Waals surface area (Å²) in [6, 6.07) is 12.3. The highest BCUT2D eigenvalue weighted by Crippen LogP contribution is 2.29. The van der Waals surface area contributed by atoms with Crippen molar-refractivity contribution in [1.29, 1.82) is 0 Å². The summed E-state index contributed by atoms with van der Waals surface area (Å²) < 4.78 is 5.63. The van der Waals surface area contributed by atoms with Gasteiger partial charge in [0.2, 0.25) is 0 Å². The van der Waals surface area contributed by atoms with E-state index in [9.17, 15) is 5.11 Å². The topological polar surface area (TPSA) is 29.5 Å². The van der Waals surface area contributed by atoms with Gasteiger partial charge in [-0.15, -0.1) is 0 Å². The highest BCUT2D eigenvalue weighted by atomic mass is 16.5. The van der Waals surface area contributed by atoms with Crippen LogP contribution in [-0.2, 0) is 6.42 Å². The molecule has 0 saturated carbocycles. The lowest BCUT2D eigenvalue weighted by Gasteiger charge is -2.17. The second-order valence-corrected chi connectivity index (χ2v) is 5.61. The third kappa shape index (κ3) is 3.85. The predicted molar refractivity (Wildman–Crippen MR) is 86.9 cm³/mol. The zero-order valence-corrected chi connectivity index (χ0v) is 13.3. The highest BCUT2D eigenvalue weighted by molar-refractivity contribution is 5.40. The Balaban J connectivity index is 2.24. The lowest BCUT2D eigenvalue weighted by atomic mass is 9.97. The Morgan fingerprint density at radius 3 is 2.43 bits per heavy atom. The van der Waals surface area contributed by atoms with Gasteiger partial charge in [-0.3, -0.25) is 0 Å². The smallest absolute Gasteiger partial charge is 0.125 e. The SMILES string of the molecule is CCOc1ccc(C)cc1C(O)Cc1ccc(C)c(C)c1. The van der Waals surface area contributed by atoms with Gasteiger partial charge in [-0.05, 0) is 56.5 Å². The summed E-state index contributed by atoms with van der Waals surface area (Å²) in [5.41, 5.74) is 5.69. The van der Waals surface area contributed by atoms with E-state index in [-0.39, 0.29) is 0 Å². The van der Waals surface area contributed by atoms with E-state index in [2.05, 4.69) is 32.0 Å². The molecule has 1 unspecified atom stereocenters. The molecule has 2 heteroatoms. The van der Waals surface area contributed by atoms with E-state index in [4.69, 9.17) is 4.74 Å². The Morgan fingerprint density at radius 2 is 1.76 bits per heavy atom. The summed E-state index contributed by atoms with van der Waals surface area (Å²) in [6.45, 7) is 8.79. The van der Waals surface area contributed by atoms with Gasteiger partial charge in [-0.2, -0.15) is 0 Å². The van der Waals surface area contributed by atoms with Crippen LogP contribution in [0.2, 0.25) is 0 Å². The third-order valence-corrected chi connectivity index (χ3v) is 3.82. The standard InChI is InChI=1S/C19H24O2/c1-5-21-19-9-6-13(2)10-17(19)18(20)12-16-8-7-14(3)15(4)11-16/h6-11,18,20H,5,12H2,1-4H3. The van der Waals surface area contributed by atoms with Gasteiger partial charge in [0.25, 0.3) is 0 Å². The van der Waals surface area contributed by atoms with Crippen molar-refractivity contribution in [2.75, 3.05) is 6.61 Å². The normalized spacial score (nSPS) is 12.2. The fourth-order valence-electron chi connectivity index (χ4n) is 2.48. The van der Waals surface area contributed by atoms with Crippen LogP contribution in [0.25, 0.3) is 0 Å². The molecule has 0 aliphatic heterocycles. The first kappa shape index (κ1) is 15.6. The quantitative estimate of drug-likeness (QED) is 0.887. The van der Waals surface area contributed by atoms with E-state index in [1.165, 1.54) is 11.1 Å². The second kappa shape index (κ2) is 6.77. The molecule has 0 fully saturated rings. The second-order valence-electron chi connectivity index (χ2n) is 5.61. The van der Waals surface area contributed by atoms with Gasteiger partial charge < -0.3 is 9.84 Å². The van der Waals surface area contributed by atoms with E-state index in [0.29, 0.717) is 13.0 Å². The van der Waals surface area contributed by atoms with Crippen molar-refractivity contribution in [1.82, 2.24) is 0 Å². The molecular weight excluding hydrogens is 260 g/mol. The minimum atomic E-state index is -0.548. The Kier molecular flexibility index (Phi) is 5.03. The molecule has 0 radical (unpaired) electrons. The van der Waals surface area contributed by atoms with Gasteiger partial charge in [0, 0.05) is 12.0 Å². The number of hydrogen-bond donors (Lipinski definition) is 1. The van der Waals surface area contributed by atoms with Crippen LogP contribution < -0.4 is 4.74 Å². The fraction of sp³-hybridized carbons (Fsp3) is 0.368. The maximum absolute atomic E-state index is 10.6. The lowest BCUT2D eigenvalue weighted by Crippen LogP contribution is -2.06. The van der Waals surface area contributed by atoms with Crippen LogP contribution in [0.1, 0.15) is 40.8 Å². The molecule has 0 aromatic heterocycles. The van der Waals surface area contributed by atoms with E-state index in [1.807, 2.05) is 32.0 Å². The van der Waals surface area contributed by atoms with Gasteiger partial charge in [0.1, 0.15) is 5.75 Å². The van der Waals surface area contributed by atoms with Crippen molar-refractivity contribution in [3.63, 3.8) is 0 Å². The van der Waals surface area contributed by atoms with Crippen molar-refractivity contribution >= 4 is 0 Å². The zero-order valence-electron chi connectivity index (χ0n) is 13.3. The van der Waals surface area contributed by atoms with E-state index in [0.717, 1.165) is 22.4 Å².